The SMILES string of the molecule is CCCCN1C(=O)[C@@H]([C@H](O)C2CCCCC2)NC(=O)C12CCN(Cc1ccc(Oc3ccccc3)nc1)CC2. The first-order valence-corrected chi connectivity index (χ1v) is 14.7. The number of carbonyl (C=O) groups is 2. The predicted molar refractivity (Wildman–Crippen MR) is 149 cm³/mol. The van der Waals surface area contributed by atoms with E-state index in [0.29, 0.717) is 38.4 Å². The second-order valence-corrected chi connectivity index (χ2v) is 11.4. The molecule has 5 rings (SSSR count). The van der Waals surface area contributed by atoms with E-state index in [1.807, 2.05) is 53.6 Å². The van der Waals surface area contributed by atoms with Gasteiger partial charge in [0.15, 0.2) is 0 Å². The van der Waals surface area contributed by atoms with E-state index in [2.05, 4.69) is 22.1 Å². The lowest BCUT2D eigenvalue weighted by Crippen LogP contribution is -2.75. The van der Waals surface area contributed by atoms with Crippen molar-refractivity contribution >= 4 is 11.8 Å². The summed E-state index contributed by atoms with van der Waals surface area (Å²) < 4.78 is 5.80. The molecule has 1 aromatic heterocycles. The molecule has 0 unspecified atom stereocenters. The number of piperidine rings is 1. The number of benzene rings is 1. The Hall–Kier alpha value is -2.97. The van der Waals surface area contributed by atoms with E-state index in [1.165, 1.54) is 6.42 Å². The van der Waals surface area contributed by atoms with Crippen molar-refractivity contribution in [1.82, 2.24) is 20.1 Å². The molecule has 8 heteroatoms. The monoisotopic (exact) mass is 534 g/mol. The van der Waals surface area contributed by atoms with Gasteiger partial charge in [-0.1, -0.05) is 56.9 Å². The average molecular weight is 535 g/mol. The highest BCUT2D eigenvalue weighted by atomic mass is 16.5. The van der Waals surface area contributed by atoms with E-state index in [1.54, 1.807) is 0 Å². The number of nitrogens with one attached hydrogen (secondary N) is 1. The van der Waals surface area contributed by atoms with Crippen molar-refractivity contribution in [3.05, 3.63) is 54.2 Å². The van der Waals surface area contributed by atoms with Gasteiger partial charge in [0.2, 0.25) is 17.7 Å². The van der Waals surface area contributed by atoms with Crippen LogP contribution in [0.3, 0.4) is 0 Å². The molecule has 3 heterocycles. The van der Waals surface area contributed by atoms with Crippen LogP contribution in [0.2, 0.25) is 0 Å². The Balaban J connectivity index is 1.22. The van der Waals surface area contributed by atoms with E-state index in [4.69, 9.17) is 4.74 Å². The van der Waals surface area contributed by atoms with Crippen LogP contribution in [0.5, 0.6) is 11.6 Å². The molecule has 210 valence electrons. The number of aliphatic hydroxyl groups is 1. The van der Waals surface area contributed by atoms with Crippen molar-refractivity contribution < 1.29 is 19.4 Å². The third-order valence-corrected chi connectivity index (χ3v) is 8.82. The number of aromatic nitrogens is 1. The number of aliphatic hydroxyl groups excluding tert-OH is 1. The molecule has 2 aromatic rings. The van der Waals surface area contributed by atoms with Crippen LogP contribution in [0.1, 0.15) is 70.3 Å². The van der Waals surface area contributed by atoms with Gasteiger partial charge in [-0.25, -0.2) is 4.98 Å². The number of likely N-dealkylation sites (tertiary alicyclic amines) is 1. The van der Waals surface area contributed by atoms with Crippen LogP contribution in [0, 0.1) is 5.92 Å². The largest absolute Gasteiger partial charge is 0.439 e. The molecule has 1 saturated carbocycles. The molecular weight excluding hydrogens is 492 g/mol. The van der Waals surface area contributed by atoms with Gasteiger partial charge in [0.05, 0.1) is 6.10 Å². The van der Waals surface area contributed by atoms with Crippen LogP contribution in [-0.2, 0) is 16.1 Å². The molecular formula is C31H42N4O4. The minimum atomic E-state index is -0.836. The number of rotatable bonds is 9. The van der Waals surface area contributed by atoms with E-state index in [9.17, 15) is 14.7 Å². The Morgan fingerprint density at radius 3 is 2.49 bits per heavy atom. The first kappa shape index (κ1) is 27.6. The summed E-state index contributed by atoms with van der Waals surface area (Å²) >= 11 is 0. The summed E-state index contributed by atoms with van der Waals surface area (Å²) in [7, 11) is 0. The van der Waals surface area contributed by atoms with Gasteiger partial charge in [0.1, 0.15) is 17.3 Å². The Morgan fingerprint density at radius 1 is 1.08 bits per heavy atom. The van der Waals surface area contributed by atoms with Gasteiger partial charge in [-0.3, -0.25) is 14.5 Å². The van der Waals surface area contributed by atoms with Gasteiger partial charge in [-0.15, -0.1) is 0 Å². The Bertz CT molecular complexity index is 1100. The van der Waals surface area contributed by atoms with Crippen molar-refractivity contribution in [2.24, 2.45) is 5.92 Å². The average Bonchev–Trinajstić information content (AvgIpc) is 2.98. The maximum absolute atomic E-state index is 13.8. The first-order chi connectivity index (χ1) is 19.0. The predicted octanol–water partition coefficient (Wildman–Crippen LogP) is 4.28. The number of nitrogens with zero attached hydrogens (tertiary/aromatic N) is 3. The highest BCUT2D eigenvalue weighted by Gasteiger charge is 2.55. The van der Waals surface area contributed by atoms with Gasteiger partial charge in [-0.05, 0) is 55.7 Å². The van der Waals surface area contributed by atoms with Crippen LogP contribution in [0.4, 0.5) is 0 Å². The van der Waals surface area contributed by atoms with Crippen LogP contribution in [0.25, 0.3) is 0 Å². The van der Waals surface area contributed by atoms with Crippen molar-refractivity contribution in [2.45, 2.75) is 88.9 Å². The molecule has 1 aliphatic carbocycles. The smallest absolute Gasteiger partial charge is 0.248 e. The topological polar surface area (TPSA) is 95.0 Å². The third kappa shape index (κ3) is 6.12. The number of ether oxygens (including phenoxy) is 1. The van der Waals surface area contributed by atoms with Crippen molar-refractivity contribution in [3.8, 4) is 11.6 Å². The lowest BCUT2D eigenvalue weighted by Gasteiger charge is -2.52. The summed E-state index contributed by atoms with van der Waals surface area (Å²) in [6.07, 6.45) is 9.16. The molecule has 1 aromatic carbocycles. The molecule has 3 aliphatic rings. The van der Waals surface area contributed by atoms with Gasteiger partial charge in [-0.2, -0.15) is 0 Å². The zero-order valence-electron chi connectivity index (χ0n) is 23.1. The standard InChI is InChI=1S/C31H42N4O4/c1-2-3-18-35-29(37)27(28(36)24-10-6-4-7-11-24)33-30(38)31(35)16-19-34(20-17-31)22-23-14-15-26(32-21-23)39-25-12-8-5-9-13-25/h5,8-9,12-15,21,24,27-28,36H,2-4,6-7,10-11,16-20,22H2,1H3,(H,33,38)/t27-,28-/m1/s1. The fourth-order valence-corrected chi connectivity index (χ4v) is 6.47. The van der Waals surface area contributed by atoms with Gasteiger partial charge in [0.25, 0.3) is 0 Å². The molecule has 8 nitrogen and oxygen atoms in total. The Morgan fingerprint density at radius 2 is 1.82 bits per heavy atom. The fourth-order valence-electron chi connectivity index (χ4n) is 6.47. The Labute approximate surface area is 231 Å². The molecule has 2 amide bonds. The van der Waals surface area contributed by atoms with Crippen LogP contribution >= 0.6 is 0 Å². The van der Waals surface area contributed by atoms with E-state index in [0.717, 1.165) is 56.4 Å². The molecule has 3 fully saturated rings. The van der Waals surface area contributed by atoms with E-state index in [-0.39, 0.29) is 17.7 Å². The molecule has 2 N–H and O–H groups in total. The number of unbranched alkanes of at least 4 members (excludes halogenated alkanes) is 1. The maximum atomic E-state index is 13.8. The lowest BCUT2D eigenvalue weighted by molar-refractivity contribution is -0.166. The zero-order chi connectivity index (χ0) is 27.2. The maximum Gasteiger partial charge on any atom is 0.248 e. The molecule has 0 radical (unpaired) electrons. The summed E-state index contributed by atoms with van der Waals surface area (Å²) in [5.41, 5.74) is 0.242. The number of para-hydroxylation sites is 1. The molecule has 2 atom stereocenters. The number of hydrogen-bond donors (Lipinski definition) is 2. The number of carbonyl (C=O) groups excluding carboxylic acids is 2. The lowest BCUT2D eigenvalue weighted by atomic mass is 9.78. The fraction of sp³-hybridized carbons (Fsp3) is 0.581. The summed E-state index contributed by atoms with van der Waals surface area (Å²) in [4.78, 5) is 36.1. The van der Waals surface area contributed by atoms with Crippen molar-refractivity contribution in [2.75, 3.05) is 19.6 Å². The number of amides is 2. The first-order valence-electron chi connectivity index (χ1n) is 14.7. The molecule has 2 aliphatic heterocycles. The summed E-state index contributed by atoms with van der Waals surface area (Å²) in [6.45, 7) is 4.80. The number of hydrogen-bond acceptors (Lipinski definition) is 6. The van der Waals surface area contributed by atoms with Crippen molar-refractivity contribution in [3.63, 3.8) is 0 Å². The van der Waals surface area contributed by atoms with Gasteiger partial charge in [0, 0.05) is 38.4 Å². The van der Waals surface area contributed by atoms with Crippen LogP contribution in [0.15, 0.2) is 48.7 Å². The molecule has 39 heavy (non-hydrogen) atoms. The molecule has 1 spiro atoms. The van der Waals surface area contributed by atoms with Gasteiger partial charge >= 0.3 is 0 Å². The van der Waals surface area contributed by atoms with Crippen LogP contribution < -0.4 is 10.1 Å². The summed E-state index contributed by atoms with van der Waals surface area (Å²) in [6, 6.07) is 12.7. The van der Waals surface area contributed by atoms with Gasteiger partial charge < -0.3 is 20.1 Å². The second kappa shape index (κ2) is 12.5. The number of pyridine rings is 1. The minimum Gasteiger partial charge on any atom is -0.439 e. The number of piperazine rings is 1. The summed E-state index contributed by atoms with van der Waals surface area (Å²) in [5, 5.41) is 14.1. The Kier molecular flexibility index (Phi) is 8.82. The highest BCUT2D eigenvalue weighted by Crippen LogP contribution is 2.36. The highest BCUT2D eigenvalue weighted by molar-refractivity contribution is 6.00. The second-order valence-electron chi connectivity index (χ2n) is 11.4. The normalized spacial score (nSPS) is 23.0. The summed E-state index contributed by atoms with van der Waals surface area (Å²) in [5.74, 6) is 1.18. The van der Waals surface area contributed by atoms with Crippen LogP contribution in [-0.4, -0.2) is 69.0 Å². The minimum absolute atomic E-state index is 0.0787. The van der Waals surface area contributed by atoms with E-state index < -0.39 is 17.7 Å². The molecule has 2 saturated heterocycles. The zero-order valence-corrected chi connectivity index (χ0v) is 23.1. The third-order valence-electron chi connectivity index (χ3n) is 8.82. The quantitative estimate of drug-likeness (QED) is 0.499. The van der Waals surface area contributed by atoms with E-state index >= 15 is 0 Å². The van der Waals surface area contributed by atoms with Crippen molar-refractivity contribution in [1.29, 1.82) is 0 Å². The molecule has 0 bridgehead atoms.